The molecule has 32 heavy (non-hydrogen) atoms. The van der Waals surface area contributed by atoms with Crippen molar-refractivity contribution >= 4 is 45.7 Å². The molecule has 0 aliphatic carbocycles. The third kappa shape index (κ3) is 2.59. The van der Waals surface area contributed by atoms with Crippen LogP contribution in [0.2, 0.25) is 5.02 Å². The van der Waals surface area contributed by atoms with Gasteiger partial charge in [0, 0.05) is 53.4 Å². The third-order valence-corrected chi connectivity index (χ3v) is 7.91. The molecule has 0 N–H and O–H groups in total. The van der Waals surface area contributed by atoms with E-state index >= 15 is 0 Å². The molecule has 4 nitrogen and oxygen atoms in total. The zero-order valence-corrected chi connectivity index (χ0v) is 19.6. The van der Waals surface area contributed by atoms with Crippen LogP contribution in [-0.2, 0) is 5.41 Å². The number of anilines is 2. The smallest absolute Gasteiger partial charge is 0.228 e. The van der Waals surface area contributed by atoms with Gasteiger partial charge in [-0.25, -0.2) is 0 Å². The molecule has 0 amide bonds. The molecule has 3 aliphatic heterocycles. The minimum Gasteiger partial charge on any atom is -0.459 e. The summed E-state index contributed by atoms with van der Waals surface area (Å²) in [7, 11) is 2.09. The van der Waals surface area contributed by atoms with Crippen molar-refractivity contribution in [1.82, 2.24) is 0 Å². The highest BCUT2D eigenvalue weighted by Gasteiger charge is 2.58. The van der Waals surface area contributed by atoms with Crippen LogP contribution in [0.15, 0.2) is 53.5 Å². The number of rotatable bonds is 1. The second kappa shape index (κ2) is 6.89. The molecular formula is C27H28ClN3O. The van der Waals surface area contributed by atoms with Crippen LogP contribution < -0.4 is 14.5 Å². The highest BCUT2D eigenvalue weighted by atomic mass is 35.5. The lowest BCUT2D eigenvalue weighted by Gasteiger charge is -2.45. The van der Waals surface area contributed by atoms with Gasteiger partial charge in [0.25, 0.3) is 0 Å². The SMILES string of the molecule is CN1c2ccc(Cl)cc2C(C)(C)C12C=Nc1c(cc(N3CCCCC3)c3ccccc13)O2. The molecule has 1 spiro atoms. The molecule has 3 aliphatic rings. The Morgan fingerprint density at radius 1 is 0.938 bits per heavy atom. The molecule has 3 heterocycles. The van der Waals surface area contributed by atoms with Crippen LogP contribution in [0.3, 0.4) is 0 Å². The number of aliphatic imine (C=N–C) groups is 1. The van der Waals surface area contributed by atoms with Crippen molar-refractivity contribution in [2.75, 3.05) is 29.9 Å². The molecule has 0 saturated carbocycles. The topological polar surface area (TPSA) is 28.1 Å². The lowest BCUT2D eigenvalue weighted by atomic mass is 9.77. The molecule has 0 bridgehead atoms. The van der Waals surface area contributed by atoms with Crippen LogP contribution >= 0.6 is 11.6 Å². The van der Waals surface area contributed by atoms with Gasteiger partial charge in [-0.2, -0.15) is 0 Å². The van der Waals surface area contributed by atoms with Crippen molar-refractivity contribution in [3.8, 4) is 5.75 Å². The van der Waals surface area contributed by atoms with Crippen molar-refractivity contribution in [2.45, 2.75) is 44.2 Å². The average molecular weight is 446 g/mol. The summed E-state index contributed by atoms with van der Waals surface area (Å²) in [6.07, 6.45) is 5.78. The minimum absolute atomic E-state index is 0.333. The van der Waals surface area contributed by atoms with E-state index in [9.17, 15) is 0 Å². The maximum atomic E-state index is 6.98. The van der Waals surface area contributed by atoms with Gasteiger partial charge in [-0.3, -0.25) is 4.99 Å². The summed E-state index contributed by atoms with van der Waals surface area (Å²) in [6, 6.07) is 16.9. The van der Waals surface area contributed by atoms with E-state index in [1.807, 2.05) is 12.3 Å². The Morgan fingerprint density at radius 2 is 1.69 bits per heavy atom. The van der Waals surface area contributed by atoms with Gasteiger partial charge >= 0.3 is 0 Å². The summed E-state index contributed by atoms with van der Waals surface area (Å²) in [5, 5.41) is 3.14. The van der Waals surface area contributed by atoms with Gasteiger partial charge < -0.3 is 14.5 Å². The number of benzene rings is 3. The van der Waals surface area contributed by atoms with E-state index in [2.05, 4.69) is 73.2 Å². The van der Waals surface area contributed by atoms with Gasteiger partial charge in [0.15, 0.2) is 5.75 Å². The Balaban J connectivity index is 1.53. The second-order valence-electron chi connectivity index (χ2n) is 9.74. The van der Waals surface area contributed by atoms with E-state index in [0.717, 1.165) is 40.6 Å². The van der Waals surface area contributed by atoms with Gasteiger partial charge in [0.05, 0.1) is 11.6 Å². The van der Waals surface area contributed by atoms with Gasteiger partial charge in [-0.15, -0.1) is 0 Å². The standard InChI is InChI=1S/C27H28ClN3O/c1-26(2)21-15-18(28)11-12-22(21)30(3)27(26)17-29-25-20-10-6-5-9-19(20)23(16-24(25)32-27)31-13-7-4-8-14-31/h5-6,9-12,15-17H,4,7-8,13-14H2,1-3H3. The van der Waals surface area contributed by atoms with E-state index in [0.29, 0.717) is 0 Å². The molecule has 1 unspecified atom stereocenters. The summed E-state index contributed by atoms with van der Waals surface area (Å²) in [4.78, 5) is 9.77. The van der Waals surface area contributed by atoms with Crippen molar-refractivity contribution < 1.29 is 4.74 Å². The van der Waals surface area contributed by atoms with Crippen LogP contribution in [0.25, 0.3) is 10.8 Å². The molecule has 5 heteroatoms. The Bertz CT molecular complexity index is 1260. The predicted molar refractivity (Wildman–Crippen MR) is 134 cm³/mol. The second-order valence-corrected chi connectivity index (χ2v) is 10.2. The molecule has 1 fully saturated rings. The fraction of sp³-hybridized carbons (Fsp3) is 0.370. The Kier molecular flexibility index (Phi) is 4.29. The monoisotopic (exact) mass is 445 g/mol. The summed E-state index contributed by atoms with van der Waals surface area (Å²) in [5.74, 6) is 0.852. The summed E-state index contributed by atoms with van der Waals surface area (Å²) < 4.78 is 6.98. The summed E-state index contributed by atoms with van der Waals surface area (Å²) >= 11 is 6.38. The first-order chi connectivity index (χ1) is 15.4. The van der Waals surface area contributed by atoms with E-state index in [1.54, 1.807) is 0 Å². The van der Waals surface area contributed by atoms with Gasteiger partial charge in [-0.05, 0) is 56.9 Å². The third-order valence-electron chi connectivity index (χ3n) is 7.68. The molecule has 164 valence electrons. The highest BCUT2D eigenvalue weighted by Crippen LogP contribution is 2.55. The number of hydrogen-bond donors (Lipinski definition) is 0. The number of ether oxygens (including phenoxy) is 1. The van der Waals surface area contributed by atoms with E-state index < -0.39 is 5.72 Å². The number of halogens is 1. The largest absolute Gasteiger partial charge is 0.459 e. The molecule has 1 saturated heterocycles. The molecular weight excluding hydrogens is 418 g/mol. The average Bonchev–Trinajstić information content (AvgIpc) is 2.97. The minimum atomic E-state index is -0.714. The van der Waals surface area contributed by atoms with Crippen molar-refractivity contribution in [3.63, 3.8) is 0 Å². The normalized spacial score (nSPS) is 23.4. The quantitative estimate of drug-likeness (QED) is 0.417. The van der Waals surface area contributed by atoms with Crippen LogP contribution in [0.4, 0.5) is 17.1 Å². The molecule has 6 rings (SSSR count). The number of fused-ring (bicyclic) bond motifs is 4. The number of nitrogens with zero attached hydrogens (tertiary/aromatic N) is 3. The Hall–Kier alpha value is -2.72. The Labute approximate surface area is 194 Å². The lowest BCUT2D eigenvalue weighted by molar-refractivity contribution is 0.0827. The molecule has 0 radical (unpaired) electrons. The van der Waals surface area contributed by atoms with Gasteiger partial charge in [0.2, 0.25) is 5.72 Å². The molecule has 1 atom stereocenters. The first-order valence-corrected chi connectivity index (χ1v) is 11.9. The lowest BCUT2D eigenvalue weighted by Crippen LogP contribution is -2.61. The van der Waals surface area contributed by atoms with E-state index in [-0.39, 0.29) is 5.41 Å². The fourth-order valence-corrected chi connectivity index (χ4v) is 5.98. The molecule has 3 aromatic carbocycles. The number of hydrogen-bond acceptors (Lipinski definition) is 4. The molecule has 3 aromatic rings. The van der Waals surface area contributed by atoms with Crippen molar-refractivity contribution in [1.29, 1.82) is 0 Å². The van der Waals surface area contributed by atoms with Crippen LogP contribution in [-0.4, -0.2) is 32.1 Å². The van der Waals surface area contributed by atoms with Crippen molar-refractivity contribution in [2.24, 2.45) is 4.99 Å². The first-order valence-electron chi connectivity index (χ1n) is 11.5. The number of likely N-dealkylation sites (N-methyl/N-ethyl adjacent to an activating group) is 1. The van der Waals surface area contributed by atoms with Crippen LogP contribution in [0.5, 0.6) is 5.75 Å². The maximum Gasteiger partial charge on any atom is 0.228 e. The van der Waals surface area contributed by atoms with Crippen molar-refractivity contribution in [3.05, 3.63) is 59.1 Å². The maximum absolute atomic E-state index is 6.98. The number of piperidine rings is 1. The fourth-order valence-electron chi connectivity index (χ4n) is 5.81. The first kappa shape index (κ1) is 19.9. The van der Waals surface area contributed by atoms with Crippen LogP contribution in [0, 0.1) is 0 Å². The predicted octanol–water partition coefficient (Wildman–Crippen LogP) is 6.70. The zero-order chi connectivity index (χ0) is 22.1. The van der Waals surface area contributed by atoms with Crippen LogP contribution in [0.1, 0.15) is 38.7 Å². The molecule has 0 aromatic heterocycles. The van der Waals surface area contributed by atoms with E-state index in [1.165, 1.54) is 35.9 Å². The summed E-state index contributed by atoms with van der Waals surface area (Å²) in [5.41, 5.74) is 3.44. The Morgan fingerprint density at radius 3 is 2.47 bits per heavy atom. The zero-order valence-electron chi connectivity index (χ0n) is 18.9. The highest BCUT2D eigenvalue weighted by molar-refractivity contribution is 6.30. The van der Waals surface area contributed by atoms with E-state index in [4.69, 9.17) is 21.3 Å². The summed E-state index contributed by atoms with van der Waals surface area (Å²) in [6.45, 7) is 6.61. The van der Waals surface area contributed by atoms with Gasteiger partial charge in [0.1, 0.15) is 5.69 Å². The van der Waals surface area contributed by atoms with Gasteiger partial charge in [-0.1, -0.05) is 35.9 Å².